The number of pyridine rings is 1. The predicted octanol–water partition coefficient (Wildman–Crippen LogP) is 5.06. The standard InChI is InChI=1S/C14H12BrClFN/c15-9-6-7-10(17)12-13(16)8-4-2-1-3-5-11(8)18-14(9)12/h6-7H,1-5H2. The molecule has 0 N–H and O–H groups in total. The number of nitrogens with zero attached hydrogens (tertiary/aromatic N) is 1. The largest absolute Gasteiger partial charge is 0.251 e. The molecule has 1 aliphatic rings. The average Bonchev–Trinajstić information content (AvgIpc) is 2.59. The van der Waals surface area contributed by atoms with Gasteiger partial charge in [-0.15, -0.1) is 0 Å². The van der Waals surface area contributed by atoms with Crippen molar-refractivity contribution in [3.05, 3.63) is 38.7 Å². The van der Waals surface area contributed by atoms with Crippen molar-refractivity contribution < 1.29 is 4.39 Å². The van der Waals surface area contributed by atoms with Gasteiger partial charge >= 0.3 is 0 Å². The number of hydrogen-bond donors (Lipinski definition) is 0. The summed E-state index contributed by atoms with van der Waals surface area (Å²) in [6, 6.07) is 3.12. The van der Waals surface area contributed by atoms with Crippen LogP contribution in [-0.2, 0) is 12.8 Å². The van der Waals surface area contributed by atoms with E-state index in [-0.39, 0.29) is 5.82 Å². The van der Waals surface area contributed by atoms with E-state index in [1.807, 2.05) is 0 Å². The Hall–Kier alpha value is -0.670. The zero-order valence-corrected chi connectivity index (χ0v) is 12.1. The van der Waals surface area contributed by atoms with Crippen molar-refractivity contribution in [3.8, 4) is 0 Å². The van der Waals surface area contributed by atoms with Gasteiger partial charge in [0.2, 0.25) is 0 Å². The highest BCUT2D eigenvalue weighted by atomic mass is 79.9. The lowest BCUT2D eigenvalue weighted by Crippen LogP contribution is -2.00. The molecule has 1 aromatic heterocycles. The maximum atomic E-state index is 14.0. The van der Waals surface area contributed by atoms with Gasteiger partial charge in [-0.05, 0) is 59.3 Å². The highest BCUT2D eigenvalue weighted by molar-refractivity contribution is 9.10. The first-order valence-electron chi connectivity index (χ1n) is 6.13. The van der Waals surface area contributed by atoms with E-state index in [0.29, 0.717) is 15.9 Å². The lowest BCUT2D eigenvalue weighted by Gasteiger charge is -2.12. The van der Waals surface area contributed by atoms with Gasteiger partial charge in [0.15, 0.2) is 0 Å². The summed E-state index contributed by atoms with van der Waals surface area (Å²) in [6.07, 6.45) is 5.27. The fourth-order valence-corrected chi connectivity index (χ4v) is 3.37. The first kappa shape index (κ1) is 12.4. The molecular weight excluding hydrogens is 317 g/mol. The summed E-state index contributed by atoms with van der Waals surface area (Å²) < 4.78 is 14.8. The molecule has 1 aliphatic carbocycles. The van der Waals surface area contributed by atoms with Gasteiger partial charge in [0.25, 0.3) is 0 Å². The predicted molar refractivity (Wildman–Crippen MR) is 75.7 cm³/mol. The summed E-state index contributed by atoms with van der Waals surface area (Å²) in [5, 5.41) is 1.00. The van der Waals surface area contributed by atoms with Crippen molar-refractivity contribution >= 4 is 38.4 Å². The summed E-state index contributed by atoms with van der Waals surface area (Å²) in [5.41, 5.74) is 2.72. The number of hydrogen-bond acceptors (Lipinski definition) is 1. The number of aryl methyl sites for hydroxylation is 1. The minimum Gasteiger partial charge on any atom is -0.251 e. The Morgan fingerprint density at radius 1 is 1.17 bits per heavy atom. The first-order valence-corrected chi connectivity index (χ1v) is 7.30. The molecule has 3 rings (SSSR count). The van der Waals surface area contributed by atoms with Crippen LogP contribution in [0, 0.1) is 5.82 Å². The zero-order chi connectivity index (χ0) is 12.7. The highest BCUT2D eigenvalue weighted by Crippen LogP contribution is 2.36. The molecule has 4 heteroatoms. The van der Waals surface area contributed by atoms with Gasteiger partial charge in [0.05, 0.1) is 15.9 Å². The fourth-order valence-electron chi connectivity index (χ4n) is 2.57. The molecule has 1 aromatic carbocycles. The number of fused-ring (bicyclic) bond motifs is 2. The van der Waals surface area contributed by atoms with Crippen molar-refractivity contribution in [2.75, 3.05) is 0 Å². The van der Waals surface area contributed by atoms with Crippen molar-refractivity contribution in [1.82, 2.24) is 4.98 Å². The molecule has 0 unspecified atom stereocenters. The normalized spacial score (nSPS) is 15.5. The molecule has 0 bridgehead atoms. The molecule has 2 aromatic rings. The first-order chi connectivity index (χ1) is 8.68. The van der Waals surface area contributed by atoms with Crippen LogP contribution in [0.4, 0.5) is 4.39 Å². The van der Waals surface area contributed by atoms with Gasteiger partial charge in [-0.1, -0.05) is 18.0 Å². The maximum Gasteiger partial charge on any atom is 0.134 e. The van der Waals surface area contributed by atoms with Crippen LogP contribution in [0.2, 0.25) is 5.02 Å². The fraction of sp³-hybridized carbons (Fsp3) is 0.357. The van der Waals surface area contributed by atoms with E-state index in [0.717, 1.165) is 41.4 Å². The molecule has 0 saturated carbocycles. The van der Waals surface area contributed by atoms with Gasteiger partial charge in [-0.25, -0.2) is 4.39 Å². The van der Waals surface area contributed by atoms with Crippen LogP contribution in [-0.4, -0.2) is 4.98 Å². The van der Waals surface area contributed by atoms with Gasteiger partial charge in [0, 0.05) is 10.2 Å². The van der Waals surface area contributed by atoms with E-state index in [1.54, 1.807) is 6.07 Å². The van der Waals surface area contributed by atoms with Gasteiger partial charge in [-0.3, -0.25) is 4.98 Å². The van der Waals surface area contributed by atoms with Gasteiger partial charge in [0.1, 0.15) is 5.82 Å². The van der Waals surface area contributed by atoms with Crippen LogP contribution in [0.1, 0.15) is 30.5 Å². The van der Waals surface area contributed by atoms with Crippen molar-refractivity contribution in [3.63, 3.8) is 0 Å². The second kappa shape index (κ2) is 4.78. The number of aromatic nitrogens is 1. The summed E-state index contributed by atoms with van der Waals surface area (Å²) in [5.74, 6) is -0.294. The molecule has 1 heterocycles. The molecule has 1 nitrogen and oxygen atoms in total. The van der Waals surface area contributed by atoms with Crippen LogP contribution in [0.5, 0.6) is 0 Å². The Morgan fingerprint density at radius 3 is 2.78 bits per heavy atom. The number of halogens is 3. The molecule has 0 amide bonds. The Labute approximate surface area is 118 Å². The molecule has 0 atom stereocenters. The molecule has 0 aliphatic heterocycles. The summed E-state index contributed by atoms with van der Waals surface area (Å²) >= 11 is 9.83. The van der Waals surface area contributed by atoms with Crippen LogP contribution in [0.25, 0.3) is 10.9 Å². The smallest absolute Gasteiger partial charge is 0.134 e. The third kappa shape index (κ3) is 1.94. The van der Waals surface area contributed by atoms with E-state index in [9.17, 15) is 4.39 Å². The van der Waals surface area contributed by atoms with E-state index in [2.05, 4.69) is 20.9 Å². The quantitative estimate of drug-likeness (QED) is 0.616. The Bertz CT molecular complexity index is 627. The van der Waals surface area contributed by atoms with Crippen LogP contribution in [0.15, 0.2) is 16.6 Å². The SMILES string of the molecule is Fc1ccc(Br)c2nc3c(c(Cl)c12)CCCCC3. The van der Waals surface area contributed by atoms with Crippen LogP contribution in [0.3, 0.4) is 0 Å². The third-order valence-electron chi connectivity index (χ3n) is 3.50. The molecule has 0 fully saturated rings. The van der Waals surface area contributed by atoms with Gasteiger partial charge in [-0.2, -0.15) is 0 Å². The molecule has 18 heavy (non-hydrogen) atoms. The van der Waals surface area contributed by atoms with E-state index < -0.39 is 0 Å². The summed E-state index contributed by atoms with van der Waals surface area (Å²) in [4.78, 5) is 4.63. The lowest BCUT2D eigenvalue weighted by atomic mass is 10.0. The Morgan fingerprint density at radius 2 is 1.94 bits per heavy atom. The molecular formula is C14H12BrClFN. The monoisotopic (exact) mass is 327 g/mol. The minimum absolute atomic E-state index is 0.294. The van der Waals surface area contributed by atoms with E-state index in [4.69, 9.17) is 11.6 Å². The molecule has 0 saturated heterocycles. The molecule has 0 spiro atoms. The molecule has 94 valence electrons. The highest BCUT2D eigenvalue weighted by Gasteiger charge is 2.19. The molecule has 0 radical (unpaired) electrons. The second-order valence-corrected chi connectivity index (χ2v) is 5.90. The average molecular weight is 329 g/mol. The minimum atomic E-state index is -0.294. The number of rotatable bonds is 0. The maximum absolute atomic E-state index is 14.0. The lowest BCUT2D eigenvalue weighted by molar-refractivity contribution is 0.639. The second-order valence-electron chi connectivity index (χ2n) is 4.66. The van der Waals surface area contributed by atoms with Crippen LogP contribution < -0.4 is 0 Å². The van der Waals surface area contributed by atoms with Crippen molar-refractivity contribution in [2.45, 2.75) is 32.1 Å². The topological polar surface area (TPSA) is 12.9 Å². The third-order valence-corrected chi connectivity index (χ3v) is 4.55. The van der Waals surface area contributed by atoms with Crippen LogP contribution >= 0.6 is 27.5 Å². The Balaban J connectivity index is 2.38. The number of benzene rings is 1. The Kier molecular flexibility index (Phi) is 3.29. The summed E-state index contributed by atoms with van der Waals surface area (Å²) in [7, 11) is 0. The van der Waals surface area contributed by atoms with Crippen molar-refractivity contribution in [1.29, 1.82) is 0 Å². The van der Waals surface area contributed by atoms with E-state index in [1.165, 1.54) is 12.5 Å². The van der Waals surface area contributed by atoms with Gasteiger partial charge < -0.3 is 0 Å². The van der Waals surface area contributed by atoms with E-state index >= 15 is 0 Å². The summed E-state index contributed by atoms with van der Waals surface area (Å²) in [6.45, 7) is 0. The zero-order valence-electron chi connectivity index (χ0n) is 9.77. The van der Waals surface area contributed by atoms with Crippen molar-refractivity contribution in [2.24, 2.45) is 0 Å².